The average molecular weight is 783 g/mol. The van der Waals surface area contributed by atoms with Crippen molar-refractivity contribution in [1.82, 2.24) is 9.55 Å². The van der Waals surface area contributed by atoms with E-state index in [0.29, 0.717) is 18.4 Å². The van der Waals surface area contributed by atoms with E-state index in [4.69, 9.17) is 14.7 Å². The third-order valence-corrected chi connectivity index (χ3v) is 9.54. The van der Waals surface area contributed by atoms with Crippen molar-refractivity contribution in [3.05, 3.63) is 120 Å². The van der Waals surface area contributed by atoms with Gasteiger partial charge < -0.3 is 14.3 Å². The van der Waals surface area contributed by atoms with Crippen molar-refractivity contribution in [1.29, 1.82) is 0 Å². The summed E-state index contributed by atoms with van der Waals surface area (Å²) in [6.07, 6.45) is 7.00. The molecule has 3 heterocycles. The first-order valence-electron chi connectivity index (χ1n) is 16.2. The molecule has 4 nitrogen and oxygen atoms in total. The largest absolute Gasteiger partial charge is 2.00 e. The van der Waals surface area contributed by atoms with Crippen molar-refractivity contribution in [2.24, 2.45) is 10.9 Å². The van der Waals surface area contributed by atoms with Crippen LogP contribution in [0.25, 0.3) is 49.9 Å². The number of rotatable bonds is 5. The Morgan fingerprint density at radius 1 is 0.783 bits per heavy atom. The number of nitrogens with zero attached hydrogens (tertiary/aromatic N) is 3. The molecule has 1 aliphatic carbocycles. The molecule has 8 rings (SSSR count). The molecule has 6 aromatic rings. The predicted octanol–water partition coefficient (Wildman–Crippen LogP) is 9.74. The summed E-state index contributed by atoms with van der Waals surface area (Å²) in [5.41, 5.74) is 9.39. The minimum atomic E-state index is 0. The summed E-state index contributed by atoms with van der Waals surface area (Å²) in [5.74, 6) is 1.33. The van der Waals surface area contributed by atoms with Gasteiger partial charge in [0.15, 0.2) is 0 Å². The number of para-hydroxylation sites is 1. The first-order chi connectivity index (χ1) is 21.9. The topological polar surface area (TPSA) is 39.4 Å². The van der Waals surface area contributed by atoms with E-state index in [0.717, 1.165) is 50.1 Å². The molecule has 1 fully saturated rings. The maximum absolute atomic E-state index is 6.31. The van der Waals surface area contributed by atoms with Gasteiger partial charge in [-0.1, -0.05) is 105 Å². The van der Waals surface area contributed by atoms with Gasteiger partial charge in [0.1, 0.15) is 5.90 Å². The fourth-order valence-corrected chi connectivity index (χ4v) is 7.04. The van der Waals surface area contributed by atoms with E-state index in [2.05, 4.69) is 128 Å². The van der Waals surface area contributed by atoms with Crippen molar-refractivity contribution in [3.8, 4) is 28.1 Å². The third kappa shape index (κ3) is 5.62. The van der Waals surface area contributed by atoms with Crippen molar-refractivity contribution in [2.45, 2.75) is 57.9 Å². The van der Waals surface area contributed by atoms with Gasteiger partial charge in [-0.3, -0.25) is 4.99 Å². The number of pyridine rings is 1. The zero-order chi connectivity index (χ0) is 30.5. The predicted molar refractivity (Wildman–Crippen MR) is 184 cm³/mol. The first kappa shape index (κ1) is 30.6. The smallest absolute Gasteiger partial charge is 0.518 e. The first-order valence-corrected chi connectivity index (χ1v) is 16.2. The van der Waals surface area contributed by atoms with Crippen molar-refractivity contribution < 1.29 is 25.8 Å². The Labute approximate surface area is 285 Å². The number of ether oxygens (including phenoxy) is 1. The number of hydrogen-bond donors (Lipinski definition) is 0. The second-order valence-electron chi connectivity index (χ2n) is 13.6. The molecule has 4 aromatic carbocycles. The van der Waals surface area contributed by atoms with Crippen LogP contribution in [-0.2, 0) is 31.2 Å². The van der Waals surface area contributed by atoms with Gasteiger partial charge in [-0.15, -0.1) is 42.0 Å². The summed E-state index contributed by atoms with van der Waals surface area (Å²) in [5, 5.41) is 2.33. The number of aliphatic imine (C=N–C) groups is 1. The summed E-state index contributed by atoms with van der Waals surface area (Å²) in [7, 11) is 0. The van der Waals surface area contributed by atoms with Gasteiger partial charge in [0, 0.05) is 11.7 Å². The quantitative estimate of drug-likeness (QED) is 0.164. The summed E-state index contributed by atoms with van der Waals surface area (Å²) in [6, 6.07) is 40.0. The van der Waals surface area contributed by atoms with Gasteiger partial charge in [-0.2, -0.15) is 0 Å². The molecule has 0 bridgehead atoms. The molecule has 2 aromatic heterocycles. The Bertz CT molecular complexity index is 2070. The van der Waals surface area contributed by atoms with Crippen LogP contribution >= 0.6 is 0 Å². The molecule has 1 saturated carbocycles. The van der Waals surface area contributed by atoms with Gasteiger partial charge in [-0.25, -0.2) is 0 Å². The molecular formula is C41H37N3OPt. The molecular weight excluding hydrogens is 746 g/mol. The van der Waals surface area contributed by atoms with E-state index in [1.165, 1.54) is 36.6 Å². The van der Waals surface area contributed by atoms with Crippen LogP contribution in [0.2, 0.25) is 0 Å². The number of hydrogen-bond acceptors (Lipinski definition) is 3. The molecule has 1 atom stereocenters. The van der Waals surface area contributed by atoms with E-state index >= 15 is 0 Å². The molecule has 0 N–H and O–H groups in total. The molecule has 232 valence electrons. The van der Waals surface area contributed by atoms with E-state index in [-0.39, 0.29) is 32.5 Å². The third-order valence-electron chi connectivity index (χ3n) is 9.54. The molecule has 0 saturated heterocycles. The van der Waals surface area contributed by atoms with Gasteiger partial charge in [0.25, 0.3) is 0 Å². The summed E-state index contributed by atoms with van der Waals surface area (Å²) in [6.45, 7) is 7.36. The van der Waals surface area contributed by atoms with E-state index in [1.807, 2.05) is 6.20 Å². The molecule has 0 radical (unpaired) electrons. The maximum atomic E-state index is 6.31. The molecule has 46 heavy (non-hydrogen) atoms. The molecule has 0 spiro atoms. The number of aromatic nitrogens is 2. The van der Waals surface area contributed by atoms with Crippen LogP contribution in [0.15, 0.2) is 102 Å². The SMILES string of the molecule is CC(C)(C)c1ccnc(-c2[c-]c3c(cc2)c2ccccc2n3-c2[c-]c(C3=N[C@H](C4CCCC4)CO3)cc(-c3ccccc3)c2)c1.[Pt+2]. The van der Waals surface area contributed by atoms with Gasteiger partial charge in [0.2, 0.25) is 0 Å². The van der Waals surface area contributed by atoms with Gasteiger partial charge in [-0.05, 0) is 69.7 Å². The zero-order valence-corrected chi connectivity index (χ0v) is 28.8. The van der Waals surface area contributed by atoms with Gasteiger partial charge >= 0.3 is 21.1 Å². The van der Waals surface area contributed by atoms with Crippen LogP contribution in [0.3, 0.4) is 0 Å². The van der Waals surface area contributed by atoms with Crippen LogP contribution < -0.4 is 0 Å². The number of benzene rings is 4. The average Bonchev–Trinajstić information content (AvgIpc) is 3.84. The summed E-state index contributed by atoms with van der Waals surface area (Å²) >= 11 is 0. The van der Waals surface area contributed by atoms with E-state index < -0.39 is 0 Å². The van der Waals surface area contributed by atoms with Crippen LogP contribution in [0.5, 0.6) is 0 Å². The van der Waals surface area contributed by atoms with Crippen LogP contribution in [0.4, 0.5) is 0 Å². The van der Waals surface area contributed by atoms with Crippen LogP contribution in [0.1, 0.15) is 57.6 Å². The molecule has 0 unspecified atom stereocenters. The molecule has 5 heteroatoms. The Kier molecular flexibility index (Phi) is 8.19. The van der Waals surface area contributed by atoms with E-state index in [9.17, 15) is 0 Å². The molecule has 0 amide bonds. The number of fused-ring (bicyclic) bond motifs is 3. The van der Waals surface area contributed by atoms with Crippen molar-refractivity contribution >= 4 is 27.7 Å². The molecule has 1 aliphatic heterocycles. The molecule has 2 aliphatic rings. The summed E-state index contributed by atoms with van der Waals surface area (Å²) < 4.78 is 8.60. The minimum absolute atomic E-state index is 0. The second-order valence-corrected chi connectivity index (χ2v) is 13.6. The Morgan fingerprint density at radius 2 is 1.57 bits per heavy atom. The normalized spacial score (nSPS) is 16.8. The minimum Gasteiger partial charge on any atom is -0.518 e. The van der Waals surface area contributed by atoms with Crippen molar-refractivity contribution in [3.63, 3.8) is 0 Å². The fraction of sp³-hybridized carbons (Fsp3) is 0.268. The monoisotopic (exact) mass is 782 g/mol. The second kappa shape index (κ2) is 12.3. The maximum Gasteiger partial charge on any atom is 2.00 e. The van der Waals surface area contributed by atoms with Crippen LogP contribution in [0, 0.1) is 18.1 Å². The van der Waals surface area contributed by atoms with Crippen molar-refractivity contribution in [2.75, 3.05) is 6.61 Å². The standard InChI is InChI=1S/C41H37N3O.Pt/c1-41(2,3)32-19-20-42-36(25-32)29-17-18-35-34-15-9-10-16-38(34)44(39(35)24-29)33-22-30(27-11-5-4-6-12-27)21-31(23-33)40-43-37(26-45-40)28-13-7-8-14-28;/h4-6,9-12,15-22,25,28,37H,7-8,13-14,26H2,1-3H3;/q-2;+2/t37-;/m0./s1. The Hall–Kier alpha value is -4.01. The Morgan fingerprint density at radius 3 is 2.37 bits per heavy atom. The van der Waals surface area contributed by atoms with Crippen LogP contribution in [-0.4, -0.2) is 28.1 Å². The zero-order valence-electron chi connectivity index (χ0n) is 26.5. The fourth-order valence-electron chi connectivity index (χ4n) is 7.04. The Balaban J connectivity index is 0.00000338. The van der Waals surface area contributed by atoms with Gasteiger partial charge in [0.05, 0.1) is 12.6 Å². The van der Waals surface area contributed by atoms with E-state index in [1.54, 1.807) is 0 Å². The summed E-state index contributed by atoms with van der Waals surface area (Å²) in [4.78, 5) is 9.91.